The molecule has 2 bridgehead atoms. The van der Waals surface area contributed by atoms with Crippen LogP contribution in [0.1, 0.15) is 35.8 Å². The van der Waals surface area contributed by atoms with Crippen LogP contribution in [0.3, 0.4) is 0 Å². The smallest absolute Gasteiger partial charge is 0.0677 e. The van der Waals surface area contributed by atoms with Crippen molar-refractivity contribution in [2.45, 2.75) is 30.8 Å². The summed E-state index contributed by atoms with van der Waals surface area (Å²) in [6.45, 7) is 0. The van der Waals surface area contributed by atoms with E-state index in [1.807, 2.05) is 0 Å². The van der Waals surface area contributed by atoms with Gasteiger partial charge in [0.2, 0.25) is 0 Å². The average molecular weight is 160 g/mol. The van der Waals surface area contributed by atoms with E-state index >= 15 is 0 Å². The molecule has 2 atom stereocenters. The maximum Gasteiger partial charge on any atom is 0.0677 e. The molecule has 12 heavy (non-hydrogen) atoms. The van der Waals surface area contributed by atoms with Gasteiger partial charge >= 0.3 is 0 Å². The zero-order chi connectivity index (χ0) is 8.13. The Hall–Kier alpha value is -0.820. The fourth-order valence-electron chi connectivity index (χ4n) is 2.85. The van der Waals surface area contributed by atoms with Crippen LogP contribution < -0.4 is 0 Å². The van der Waals surface area contributed by atoms with Gasteiger partial charge in [0.15, 0.2) is 0 Å². The lowest BCUT2D eigenvalue weighted by molar-refractivity contribution is 0.159. The topological polar surface area (TPSA) is 20.2 Å². The third-order valence-corrected chi connectivity index (χ3v) is 3.41. The van der Waals surface area contributed by atoms with Crippen molar-refractivity contribution in [3.63, 3.8) is 0 Å². The Balaban J connectivity index is 2.21. The van der Waals surface area contributed by atoms with E-state index in [4.69, 9.17) is 0 Å². The van der Waals surface area contributed by atoms with Gasteiger partial charge in [-0.05, 0) is 24.0 Å². The van der Waals surface area contributed by atoms with Gasteiger partial charge in [0.05, 0.1) is 6.10 Å². The lowest BCUT2D eigenvalue weighted by Gasteiger charge is -2.12. The molecule has 1 N–H and O–H groups in total. The zero-order valence-electron chi connectivity index (χ0n) is 6.90. The van der Waals surface area contributed by atoms with Gasteiger partial charge in [-0.15, -0.1) is 0 Å². The first kappa shape index (κ1) is 6.67. The van der Waals surface area contributed by atoms with E-state index in [9.17, 15) is 5.11 Å². The summed E-state index contributed by atoms with van der Waals surface area (Å²) in [4.78, 5) is 0. The van der Waals surface area contributed by atoms with E-state index < -0.39 is 0 Å². The third kappa shape index (κ3) is 0.632. The van der Waals surface area contributed by atoms with Crippen LogP contribution in [0.15, 0.2) is 24.3 Å². The molecule has 3 rings (SSSR count). The molecule has 0 aliphatic heterocycles. The summed E-state index contributed by atoms with van der Waals surface area (Å²) in [5.41, 5.74) is 2.81. The molecule has 1 nitrogen and oxygen atoms in total. The number of hydrogen-bond donors (Lipinski definition) is 1. The van der Waals surface area contributed by atoms with Gasteiger partial charge in [-0.25, -0.2) is 0 Å². The minimum absolute atomic E-state index is 0.0811. The highest BCUT2D eigenvalue weighted by Gasteiger charge is 2.44. The van der Waals surface area contributed by atoms with Crippen LogP contribution >= 0.6 is 0 Å². The monoisotopic (exact) mass is 160 g/mol. The highest BCUT2D eigenvalue weighted by molar-refractivity contribution is 5.43. The van der Waals surface area contributed by atoms with Gasteiger partial charge in [-0.1, -0.05) is 24.3 Å². The van der Waals surface area contributed by atoms with Crippen LogP contribution in [0.2, 0.25) is 0 Å². The Kier molecular flexibility index (Phi) is 1.17. The maximum atomic E-state index is 9.85. The molecule has 2 aliphatic rings. The van der Waals surface area contributed by atoms with Crippen molar-refractivity contribution in [1.82, 2.24) is 0 Å². The summed E-state index contributed by atoms with van der Waals surface area (Å²) in [6, 6.07) is 8.49. The van der Waals surface area contributed by atoms with Crippen LogP contribution in [-0.4, -0.2) is 11.2 Å². The number of aliphatic hydroxyl groups excluding tert-OH is 1. The normalized spacial score (nSPS) is 36.9. The van der Waals surface area contributed by atoms with Crippen LogP contribution in [0, 0.1) is 0 Å². The Morgan fingerprint density at radius 3 is 2.00 bits per heavy atom. The fourth-order valence-corrected chi connectivity index (χ4v) is 2.85. The van der Waals surface area contributed by atoms with E-state index in [1.165, 1.54) is 24.0 Å². The summed E-state index contributed by atoms with van der Waals surface area (Å²) in [5, 5.41) is 9.85. The van der Waals surface area contributed by atoms with Crippen LogP contribution in [0.4, 0.5) is 0 Å². The van der Waals surface area contributed by atoms with Crippen molar-refractivity contribution < 1.29 is 5.11 Å². The molecular formula is C11H12O. The molecule has 1 aromatic rings. The Morgan fingerprint density at radius 1 is 1.00 bits per heavy atom. The lowest BCUT2D eigenvalue weighted by atomic mass is 9.92. The number of hydrogen-bond acceptors (Lipinski definition) is 1. The van der Waals surface area contributed by atoms with Gasteiger partial charge < -0.3 is 5.11 Å². The molecule has 1 heteroatoms. The first-order valence-electron chi connectivity index (χ1n) is 4.65. The summed E-state index contributed by atoms with van der Waals surface area (Å²) >= 11 is 0. The summed E-state index contributed by atoms with van der Waals surface area (Å²) < 4.78 is 0. The Labute approximate surface area is 72.0 Å². The van der Waals surface area contributed by atoms with Gasteiger partial charge in [0.25, 0.3) is 0 Å². The van der Waals surface area contributed by atoms with Gasteiger partial charge in [0, 0.05) is 11.8 Å². The standard InChI is InChI=1S/C11H12O/c12-11-9-5-6-10(11)8-4-2-1-3-7(8)9/h1-4,9-12H,5-6H2. The van der Waals surface area contributed by atoms with Crippen molar-refractivity contribution in [3.8, 4) is 0 Å². The highest BCUT2D eigenvalue weighted by atomic mass is 16.3. The lowest BCUT2D eigenvalue weighted by Crippen LogP contribution is -2.08. The van der Waals surface area contributed by atoms with Gasteiger partial charge in [-0.2, -0.15) is 0 Å². The first-order chi connectivity index (χ1) is 5.88. The number of aliphatic hydroxyl groups is 1. The second-order valence-electron chi connectivity index (χ2n) is 3.91. The molecule has 0 aromatic heterocycles. The SMILES string of the molecule is OC1C2CCC1c1ccccc12. The van der Waals surface area contributed by atoms with Crippen molar-refractivity contribution in [1.29, 1.82) is 0 Å². The molecular weight excluding hydrogens is 148 g/mol. The second kappa shape index (κ2) is 2.11. The molecule has 0 heterocycles. The molecule has 62 valence electrons. The fraction of sp³-hybridized carbons (Fsp3) is 0.455. The summed E-state index contributed by atoms with van der Waals surface area (Å²) in [5.74, 6) is 0.900. The average Bonchev–Trinajstić information content (AvgIpc) is 2.61. The Morgan fingerprint density at radius 2 is 1.50 bits per heavy atom. The minimum atomic E-state index is -0.0811. The molecule has 2 unspecified atom stereocenters. The molecule has 0 radical (unpaired) electrons. The van der Waals surface area contributed by atoms with E-state index in [2.05, 4.69) is 24.3 Å². The maximum absolute atomic E-state index is 9.85. The van der Waals surface area contributed by atoms with Gasteiger partial charge in [0.1, 0.15) is 0 Å². The number of benzene rings is 1. The first-order valence-corrected chi connectivity index (χ1v) is 4.65. The molecule has 1 aromatic carbocycles. The van der Waals surface area contributed by atoms with E-state index in [-0.39, 0.29) is 6.10 Å². The van der Waals surface area contributed by atoms with Crippen molar-refractivity contribution in [3.05, 3.63) is 35.4 Å². The van der Waals surface area contributed by atoms with Crippen molar-refractivity contribution >= 4 is 0 Å². The molecule has 1 saturated carbocycles. The number of fused-ring (bicyclic) bond motifs is 5. The van der Waals surface area contributed by atoms with E-state index in [0.717, 1.165) is 0 Å². The van der Waals surface area contributed by atoms with Crippen LogP contribution in [-0.2, 0) is 0 Å². The Bertz CT molecular complexity index is 288. The van der Waals surface area contributed by atoms with Gasteiger partial charge in [-0.3, -0.25) is 0 Å². The molecule has 0 amide bonds. The van der Waals surface area contributed by atoms with Crippen LogP contribution in [0.25, 0.3) is 0 Å². The quantitative estimate of drug-likeness (QED) is 0.615. The highest BCUT2D eigenvalue weighted by Crippen LogP contribution is 2.52. The van der Waals surface area contributed by atoms with Crippen molar-refractivity contribution in [2.75, 3.05) is 0 Å². The molecule has 0 saturated heterocycles. The van der Waals surface area contributed by atoms with Crippen LogP contribution in [0.5, 0.6) is 0 Å². The predicted molar refractivity (Wildman–Crippen MR) is 47.2 cm³/mol. The van der Waals surface area contributed by atoms with Crippen molar-refractivity contribution in [2.24, 2.45) is 0 Å². The second-order valence-corrected chi connectivity index (χ2v) is 3.91. The molecule has 1 fully saturated rings. The molecule has 2 aliphatic carbocycles. The summed E-state index contributed by atoms with van der Waals surface area (Å²) in [6.07, 6.45) is 2.29. The third-order valence-electron chi connectivity index (χ3n) is 3.41. The summed E-state index contributed by atoms with van der Waals surface area (Å²) in [7, 11) is 0. The predicted octanol–water partition coefficient (Wildman–Crippen LogP) is 2.02. The minimum Gasteiger partial charge on any atom is -0.392 e. The number of rotatable bonds is 0. The van der Waals surface area contributed by atoms with E-state index in [1.54, 1.807) is 0 Å². The molecule has 0 spiro atoms. The van der Waals surface area contributed by atoms with E-state index in [0.29, 0.717) is 11.8 Å². The zero-order valence-corrected chi connectivity index (χ0v) is 6.90. The largest absolute Gasteiger partial charge is 0.392 e.